The maximum absolute atomic E-state index is 4.54. The van der Waals surface area contributed by atoms with Crippen LogP contribution in [0.25, 0.3) is 0 Å². The van der Waals surface area contributed by atoms with Gasteiger partial charge in [-0.1, -0.05) is 30.3 Å². The Balaban J connectivity index is 0.00000196. The molecule has 1 aliphatic heterocycles. The Morgan fingerprint density at radius 3 is 2.38 bits per heavy atom. The summed E-state index contributed by atoms with van der Waals surface area (Å²) in [6.07, 6.45) is 2.54. The van der Waals surface area contributed by atoms with Gasteiger partial charge in [-0.3, -0.25) is 4.99 Å². The van der Waals surface area contributed by atoms with Crippen molar-refractivity contribution < 1.29 is 0 Å². The molecule has 1 N–H and O–H groups in total. The van der Waals surface area contributed by atoms with Gasteiger partial charge in [0.25, 0.3) is 0 Å². The molecule has 4 nitrogen and oxygen atoms in total. The van der Waals surface area contributed by atoms with Crippen LogP contribution in [0.5, 0.6) is 0 Å². The summed E-state index contributed by atoms with van der Waals surface area (Å²) in [4.78, 5) is 9.41. The summed E-state index contributed by atoms with van der Waals surface area (Å²) < 4.78 is 0. The number of nitrogens with one attached hydrogen (secondary N) is 1. The summed E-state index contributed by atoms with van der Waals surface area (Å²) in [6, 6.07) is 15.3. The number of guanidine groups is 1. The molecule has 2 fully saturated rings. The van der Waals surface area contributed by atoms with Gasteiger partial charge < -0.3 is 15.1 Å². The monoisotopic (exact) mass is 482 g/mol. The molecule has 0 bridgehead atoms. The molecule has 2 aromatic rings. The van der Waals surface area contributed by atoms with E-state index in [1.807, 2.05) is 18.4 Å². The highest BCUT2D eigenvalue weighted by Gasteiger charge is 2.44. The topological polar surface area (TPSA) is 30.9 Å². The van der Waals surface area contributed by atoms with E-state index in [-0.39, 0.29) is 24.0 Å². The van der Waals surface area contributed by atoms with Gasteiger partial charge in [0.05, 0.1) is 5.00 Å². The van der Waals surface area contributed by atoms with Gasteiger partial charge in [-0.25, -0.2) is 0 Å². The fourth-order valence-electron chi connectivity index (χ4n) is 3.68. The standard InChI is InChI=1S/C20H26N4S.HI/c1-21-19(22-16-20(9-10-20)17-6-3-2-4-7-17)24-13-11-23(12-14-24)18-8-5-15-25-18;/h2-8,15H,9-14,16H2,1H3,(H,21,22);1H. The molecule has 140 valence electrons. The maximum atomic E-state index is 4.54. The van der Waals surface area contributed by atoms with E-state index in [4.69, 9.17) is 0 Å². The zero-order chi connectivity index (χ0) is 17.1. The molecule has 6 heteroatoms. The van der Waals surface area contributed by atoms with Crippen LogP contribution < -0.4 is 10.2 Å². The average molecular weight is 482 g/mol. The molecule has 1 saturated carbocycles. The molecular weight excluding hydrogens is 455 g/mol. The zero-order valence-corrected chi connectivity index (χ0v) is 18.4. The quantitative estimate of drug-likeness (QED) is 0.409. The molecule has 2 heterocycles. The number of anilines is 1. The zero-order valence-electron chi connectivity index (χ0n) is 15.2. The minimum atomic E-state index is 0. The predicted octanol–water partition coefficient (Wildman–Crippen LogP) is 3.80. The lowest BCUT2D eigenvalue weighted by molar-refractivity contribution is 0.371. The van der Waals surface area contributed by atoms with Gasteiger partial charge in [0.1, 0.15) is 0 Å². The van der Waals surface area contributed by atoms with Crippen molar-refractivity contribution in [3.63, 3.8) is 0 Å². The van der Waals surface area contributed by atoms with E-state index in [1.54, 1.807) is 0 Å². The van der Waals surface area contributed by atoms with Gasteiger partial charge in [0.15, 0.2) is 5.96 Å². The lowest BCUT2D eigenvalue weighted by Crippen LogP contribution is -2.53. The second-order valence-electron chi connectivity index (χ2n) is 6.97. The van der Waals surface area contributed by atoms with Crippen molar-refractivity contribution in [1.29, 1.82) is 0 Å². The van der Waals surface area contributed by atoms with E-state index in [2.05, 4.69) is 68.0 Å². The largest absolute Gasteiger partial charge is 0.360 e. The van der Waals surface area contributed by atoms with Crippen molar-refractivity contribution in [3.8, 4) is 0 Å². The maximum Gasteiger partial charge on any atom is 0.193 e. The van der Waals surface area contributed by atoms with E-state index in [0.717, 1.165) is 38.7 Å². The molecule has 1 saturated heterocycles. The SMILES string of the molecule is CN=C(NCC1(c2ccccc2)CC1)N1CCN(c2cccs2)CC1.I. The third-order valence-corrected chi connectivity index (χ3v) is 6.36. The van der Waals surface area contributed by atoms with Gasteiger partial charge in [-0.2, -0.15) is 0 Å². The van der Waals surface area contributed by atoms with Crippen molar-refractivity contribution in [2.75, 3.05) is 44.7 Å². The molecule has 0 spiro atoms. The van der Waals surface area contributed by atoms with E-state index in [1.165, 1.54) is 23.4 Å². The van der Waals surface area contributed by atoms with E-state index in [9.17, 15) is 0 Å². The van der Waals surface area contributed by atoms with Gasteiger partial charge in [-0.15, -0.1) is 35.3 Å². The van der Waals surface area contributed by atoms with E-state index >= 15 is 0 Å². The summed E-state index contributed by atoms with van der Waals surface area (Å²) in [5, 5.41) is 7.18. The molecule has 0 atom stereocenters. The molecule has 2 aliphatic rings. The molecular formula is C20H27IN4S. The molecule has 0 amide bonds. The predicted molar refractivity (Wildman–Crippen MR) is 122 cm³/mol. The van der Waals surface area contributed by atoms with Crippen LogP contribution in [-0.2, 0) is 5.41 Å². The second kappa shape index (κ2) is 8.61. The van der Waals surface area contributed by atoms with Crippen molar-refractivity contribution in [1.82, 2.24) is 10.2 Å². The summed E-state index contributed by atoms with van der Waals surface area (Å²) in [5.74, 6) is 1.05. The molecule has 26 heavy (non-hydrogen) atoms. The third kappa shape index (κ3) is 4.17. The molecule has 0 unspecified atom stereocenters. The van der Waals surface area contributed by atoms with Crippen LogP contribution in [0.2, 0.25) is 0 Å². The van der Waals surface area contributed by atoms with Crippen molar-refractivity contribution in [2.24, 2.45) is 4.99 Å². The summed E-state index contributed by atoms with van der Waals surface area (Å²) >= 11 is 1.83. The van der Waals surface area contributed by atoms with E-state index < -0.39 is 0 Å². The third-order valence-electron chi connectivity index (χ3n) is 5.43. The van der Waals surface area contributed by atoms with E-state index in [0.29, 0.717) is 5.41 Å². The molecule has 0 radical (unpaired) electrons. The first-order chi connectivity index (χ1) is 12.3. The smallest absolute Gasteiger partial charge is 0.193 e. The minimum absolute atomic E-state index is 0. The van der Waals surface area contributed by atoms with Crippen LogP contribution in [0.1, 0.15) is 18.4 Å². The Hall–Kier alpha value is -1.28. The second-order valence-corrected chi connectivity index (χ2v) is 7.90. The number of piperazine rings is 1. The van der Waals surface area contributed by atoms with Crippen molar-refractivity contribution >= 4 is 46.3 Å². The van der Waals surface area contributed by atoms with Gasteiger partial charge >= 0.3 is 0 Å². The van der Waals surface area contributed by atoms with Crippen LogP contribution in [0.4, 0.5) is 5.00 Å². The van der Waals surface area contributed by atoms with Crippen molar-refractivity contribution in [3.05, 3.63) is 53.4 Å². The highest BCUT2D eigenvalue weighted by molar-refractivity contribution is 14.0. The summed E-state index contributed by atoms with van der Waals surface area (Å²) in [6.45, 7) is 5.15. The molecule has 1 aromatic heterocycles. The first kappa shape index (κ1) is 19.5. The number of aliphatic imine (C=N–C) groups is 1. The summed E-state index contributed by atoms with van der Waals surface area (Å²) in [5.41, 5.74) is 1.77. The van der Waals surface area contributed by atoms with Crippen LogP contribution >= 0.6 is 35.3 Å². The van der Waals surface area contributed by atoms with Gasteiger partial charge in [-0.05, 0) is 35.9 Å². The Bertz CT molecular complexity index is 705. The molecule has 4 rings (SSSR count). The number of hydrogen-bond donors (Lipinski definition) is 1. The van der Waals surface area contributed by atoms with Crippen LogP contribution in [0.3, 0.4) is 0 Å². The first-order valence-corrected chi connectivity index (χ1v) is 9.98. The van der Waals surface area contributed by atoms with Crippen LogP contribution in [0.15, 0.2) is 52.8 Å². The lowest BCUT2D eigenvalue weighted by atomic mass is 9.96. The highest BCUT2D eigenvalue weighted by Crippen LogP contribution is 2.47. The first-order valence-electron chi connectivity index (χ1n) is 9.10. The number of rotatable bonds is 4. The number of halogens is 1. The fraction of sp³-hybridized carbons (Fsp3) is 0.450. The molecule has 1 aromatic carbocycles. The number of benzene rings is 1. The fourth-order valence-corrected chi connectivity index (χ4v) is 4.46. The Labute approximate surface area is 177 Å². The Kier molecular flexibility index (Phi) is 6.45. The summed E-state index contributed by atoms with van der Waals surface area (Å²) in [7, 11) is 1.90. The number of hydrogen-bond acceptors (Lipinski definition) is 3. The number of thiophene rings is 1. The van der Waals surface area contributed by atoms with Crippen LogP contribution in [-0.4, -0.2) is 50.6 Å². The number of nitrogens with zero attached hydrogens (tertiary/aromatic N) is 3. The highest BCUT2D eigenvalue weighted by atomic mass is 127. The Morgan fingerprint density at radius 1 is 1.08 bits per heavy atom. The van der Waals surface area contributed by atoms with Crippen molar-refractivity contribution in [2.45, 2.75) is 18.3 Å². The normalized spacial score (nSPS) is 19.0. The van der Waals surface area contributed by atoms with Crippen LogP contribution in [0, 0.1) is 0 Å². The minimum Gasteiger partial charge on any atom is -0.360 e. The lowest BCUT2D eigenvalue weighted by Gasteiger charge is -2.37. The molecule has 1 aliphatic carbocycles. The van der Waals surface area contributed by atoms with Gasteiger partial charge in [0, 0.05) is 45.2 Å². The Morgan fingerprint density at radius 2 is 1.81 bits per heavy atom. The average Bonchev–Trinajstić information content (AvgIpc) is 3.26. The van der Waals surface area contributed by atoms with Gasteiger partial charge in [0.2, 0.25) is 0 Å².